The van der Waals surface area contributed by atoms with Crippen molar-refractivity contribution in [2.45, 2.75) is 46.5 Å². The van der Waals surface area contributed by atoms with Crippen molar-refractivity contribution in [3.05, 3.63) is 0 Å². The Bertz CT molecular complexity index is 84.1. The topological polar surface area (TPSA) is 0 Å². The first kappa shape index (κ1) is 11.7. The summed E-state index contributed by atoms with van der Waals surface area (Å²) >= 11 is 4.79. The quantitative estimate of drug-likeness (QED) is 0.457. The lowest BCUT2D eigenvalue weighted by molar-refractivity contribution is 0.360. The monoisotopic (exact) mass is 191 g/mol. The molecule has 67 valence electrons. The Morgan fingerprint density at radius 1 is 1.09 bits per heavy atom. The van der Waals surface area contributed by atoms with E-state index >= 15 is 0 Å². The highest BCUT2D eigenvalue weighted by molar-refractivity contribution is 8.68. The second-order valence-corrected chi connectivity index (χ2v) is 5.54. The van der Waals surface area contributed by atoms with Gasteiger partial charge in [-0.05, 0) is 29.9 Å². The first-order valence-electron chi connectivity index (χ1n) is 4.31. The maximum Gasteiger partial charge on any atom is 0.00454 e. The van der Waals surface area contributed by atoms with Gasteiger partial charge >= 0.3 is 0 Å². The van der Waals surface area contributed by atoms with E-state index in [-0.39, 0.29) is 0 Å². The number of rotatable bonds is 5. The third-order valence-corrected chi connectivity index (χ3v) is 2.61. The van der Waals surface area contributed by atoms with Gasteiger partial charge in [-0.1, -0.05) is 44.4 Å². The second-order valence-electron chi connectivity index (χ2n) is 4.19. The molecule has 0 saturated heterocycles. The van der Waals surface area contributed by atoms with Gasteiger partial charge in [-0.2, -0.15) is 0 Å². The van der Waals surface area contributed by atoms with Gasteiger partial charge in [0.25, 0.3) is 0 Å². The third-order valence-electron chi connectivity index (χ3n) is 1.65. The van der Waals surface area contributed by atoms with Gasteiger partial charge in [0.1, 0.15) is 0 Å². The van der Waals surface area contributed by atoms with Gasteiger partial charge in [0.15, 0.2) is 0 Å². The highest BCUT2D eigenvalue weighted by Gasteiger charge is 2.08. The Labute approximate surface area is 80.3 Å². The molecule has 0 nitrogen and oxygen atoms in total. The fourth-order valence-electron chi connectivity index (χ4n) is 0.993. The molecule has 2 heteroatoms. The van der Waals surface area contributed by atoms with Crippen molar-refractivity contribution < 1.29 is 0 Å². The summed E-state index contributed by atoms with van der Waals surface area (Å²) in [7, 11) is 1.54. The van der Waals surface area contributed by atoms with Crippen LogP contribution in [0.15, 0.2) is 0 Å². The first-order valence-corrected chi connectivity index (χ1v) is 6.22. The van der Waals surface area contributed by atoms with E-state index in [1.54, 1.807) is 10.8 Å². The molecule has 0 aliphatic heterocycles. The SMILES string of the molecule is CC(C)(C)CCCCCS[S]. The molecule has 0 aromatic rings. The van der Waals surface area contributed by atoms with Crippen LogP contribution < -0.4 is 0 Å². The van der Waals surface area contributed by atoms with Crippen LogP contribution in [-0.2, 0) is 0 Å². The van der Waals surface area contributed by atoms with E-state index in [0.717, 1.165) is 5.75 Å². The largest absolute Gasteiger partial charge is 0.0817 e. The lowest BCUT2D eigenvalue weighted by Crippen LogP contribution is -2.03. The fourth-order valence-corrected chi connectivity index (χ4v) is 1.67. The van der Waals surface area contributed by atoms with Crippen LogP contribution in [0.2, 0.25) is 0 Å². The van der Waals surface area contributed by atoms with Crippen molar-refractivity contribution in [1.82, 2.24) is 0 Å². The maximum atomic E-state index is 4.79. The molecule has 1 radical (unpaired) electrons. The summed E-state index contributed by atoms with van der Waals surface area (Å²) in [6, 6.07) is 0. The molecule has 0 fully saturated rings. The number of unbranched alkanes of at least 4 members (excludes halogenated alkanes) is 2. The van der Waals surface area contributed by atoms with Crippen LogP contribution in [0, 0.1) is 5.41 Å². The minimum absolute atomic E-state index is 0.515. The summed E-state index contributed by atoms with van der Waals surface area (Å²) in [6.45, 7) is 6.90. The van der Waals surface area contributed by atoms with Crippen molar-refractivity contribution in [2.24, 2.45) is 5.41 Å². The Morgan fingerprint density at radius 3 is 2.18 bits per heavy atom. The lowest BCUT2D eigenvalue weighted by Gasteiger charge is -2.17. The molecule has 0 amide bonds. The Morgan fingerprint density at radius 2 is 1.73 bits per heavy atom. The number of hydrogen-bond acceptors (Lipinski definition) is 1. The summed E-state index contributed by atoms with van der Waals surface area (Å²) in [5, 5.41) is 0. The van der Waals surface area contributed by atoms with Crippen LogP contribution in [0.5, 0.6) is 0 Å². The van der Waals surface area contributed by atoms with Crippen LogP contribution >= 0.6 is 22.5 Å². The van der Waals surface area contributed by atoms with Crippen molar-refractivity contribution in [2.75, 3.05) is 5.75 Å². The third kappa shape index (κ3) is 10.7. The van der Waals surface area contributed by atoms with Crippen LogP contribution in [0.3, 0.4) is 0 Å². The molecule has 11 heavy (non-hydrogen) atoms. The summed E-state index contributed by atoms with van der Waals surface area (Å²) in [6.07, 6.45) is 5.35. The molecule has 0 aliphatic rings. The summed E-state index contributed by atoms with van der Waals surface area (Å²) in [5.41, 5.74) is 0.515. The average Bonchev–Trinajstić information content (AvgIpc) is 1.85. The van der Waals surface area contributed by atoms with Crippen molar-refractivity contribution >= 4 is 22.5 Å². The fraction of sp³-hybridized carbons (Fsp3) is 1.00. The highest BCUT2D eigenvalue weighted by Crippen LogP contribution is 2.22. The normalized spacial score (nSPS) is 12.0. The molecular formula is C9H19S2. The molecule has 0 aromatic heterocycles. The molecule has 0 aliphatic carbocycles. The van der Waals surface area contributed by atoms with E-state index in [1.807, 2.05) is 0 Å². The van der Waals surface area contributed by atoms with E-state index < -0.39 is 0 Å². The molecule has 0 rings (SSSR count). The average molecular weight is 191 g/mol. The van der Waals surface area contributed by atoms with Crippen molar-refractivity contribution in [3.8, 4) is 0 Å². The molecular weight excluding hydrogens is 172 g/mol. The van der Waals surface area contributed by atoms with E-state index in [2.05, 4.69) is 20.8 Å². The summed E-state index contributed by atoms with van der Waals surface area (Å²) in [4.78, 5) is 0. The van der Waals surface area contributed by atoms with Gasteiger partial charge in [0.05, 0.1) is 0 Å². The number of hydrogen-bond donors (Lipinski definition) is 0. The van der Waals surface area contributed by atoms with Crippen molar-refractivity contribution in [1.29, 1.82) is 0 Å². The highest BCUT2D eigenvalue weighted by atomic mass is 33.1. The van der Waals surface area contributed by atoms with Crippen LogP contribution in [-0.4, -0.2) is 5.75 Å². The van der Waals surface area contributed by atoms with Gasteiger partial charge in [-0.15, -0.1) is 0 Å². The van der Waals surface area contributed by atoms with Crippen LogP contribution in [0.1, 0.15) is 46.5 Å². The zero-order chi connectivity index (χ0) is 8.74. The first-order chi connectivity index (χ1) is 5.06. The molecule has 0 bridgehead atoms. The minimum atomic E-state index is 0.515. The molecule has 0 heterocycles. The molecule has 0 saturated carbocycles. The van der Waals surface area contributed by atoms with Gasteiger partial charge in [-0.3, -0.25) is 0 Å². The zero-order valence-electron chi connectivity index (χ0n) is 7.85. The molecule has 0 aromatic carbocycles. The van der Waals surface area contributed by atoms with E-state index in [9.17, 15) is 0 Å². The Balaban J connectivity index is 3.02. The van der Waals surface area contributed by atoms with Crippen LogP contribution in [0.25, 0.3) is 0 Å². The Kier molecular flexibility index (Phi) is 6.64. The predicted molar refractivity (Wildman–Crippen MR) is 58.0 cm³/mol. The molecule has 0 N–H and O–H groups in total. The molecule has 0 spiro atoms. The van der Waals surface area contributed by atoms with Gasteiger partial charge in [0, 0.05) is 5.75 Å². The van der Waals surface area contributed by atoms with E-state index in [4.69, 9.17) is 11.7 Å². The second kappa shape index (κ2) is 6.24. The van der Waals surface area contributed by atoms with E-state index in [1.165, 1.54) is 25.7 Å². The van der Waals surface area contributed by atoms with Crippen molar-refractivity contribution in [3.63, 3.8) is 0 Å². The zero-order valence-corrected chi connectivity index (χ0v) is 9.49. The van der Waals surface area contributed by atoms with Gasteiger partial charge in [0.2, 0.25) is 0 Å². The smallest absolute Gasteiger partial charge is 0.00454 e. The van der Waals surface area contributed by atoms with Gasteiger partial charge < -0.3 is 0 Å². The maximum absolute atomic E-state index is 4.79. The van der Waals surface area contributed by atoms with E-state index in [0.29, 0.717) is 5.41 Å². The predicted octanol–water partition coefficient (Wildman–Crippen LogP) is 4.44. The van der Waals surface area contributed by atoms with Crippen LogP contribution in [0.4, 0.5) is 0 Å². The standard InChI is InChI=1S/C9H19S2/c1-9(2,3)7-5-4-6-8-11-10/h4-8H2,1-3H3. The molecule has 0 unspecified atom stereocenters. The Hall–Kier alpha value is 0.700. The summed E-state index contributed by atoms with van der Waals surface area (Å²) in [5.74, 6) is 1.15. The van der Waals surface area contributed by atoms with Gasteiger partial charge in [-0.25, -0.2) is 0 Å². The minimum Gasteiger partial charge on any atom is -0.0817 e. The lowest BCUT2D eigenvalue weighted by atomic mass is 9.90. The molecule has 0 atom stereocenters. The summed E-state index contributed by atoms with van der Waals surface area (Å²) < 4.78 is 0.